The molecule has 0 radical (unpaired) electrons. The number of aromatic nitrogens is 2. The number of aromatic carboxylic acids is 1. The summed E-state index contributed by atoms with van der Waals surface area (Å²) in [4.78, 5) is 10.7. The fourth-order valence-electron chi connectivity index (χ4n) is 1.17. The number of hydrogen-bond donors (Lipinski definition) is 1. The van der Waals surface area contributed by atoms with Gasteiger partial charge in [-0.05, 0) is 22.0 Å². The standard InChI is InChI=1S/C8H4BrFN2O2/c9-5-1-2-12-7(6(5)10)4(3-11-12)8(13)14/h1-3H,(H,13,14). The Kier molecular flexibility index (Phi) is 1.99. The maximum Gasteiger partial charge on any atom is 0.339 e. The van der Waals surface area contributed by atoms with Gasteiger partial charge >= 0.3 is 5.97 Å². The Morgan fingerprint density at radius 1 is 1.64 bits per heavy atom. The third-order valence-electron chi connectivity index (χ3n) is 1.81. The van der Waals surface area contributed by atoms with Crippen LogP contribution in [0.5, 0.6) is 0 Å². The van der Waals surface area contributed by atoms with Crippen molar-refractivity contribution >= 4 is 27.4 Å². The first-order valence-electron chi connectivity index (χ1n) is 3.66. The van der Waals surface area contributed by atoms with Crippen LogP contribution in [0.4, 0.5) is 4.39 Å². The third kappa shape index (κ3) is 1.19. The van der Waals surface area contributed by atoms with Crippen LogP contribution in [0.3, 0.4) is 0 Å². The Bertz CT molecular complexity index is 523. The molecule has 0 spiro atoms. The van der Waals surface area contributed by atoms with Crippen molar-refractivity contribution in [2.45, 2.75) is 0 Å². The summed E-state index contributed by atoms with van der Waals surface area (Å²) in [5.74, 6) is -1.82. The van der Waals surface area contributed by atoms with Gasteiger partial charge in [-0.1, -0.05) is 0 Å². The molecule has 0 aromatic carbocycles. The zero-order valence-corrected chi connectivity index (χ0v) is 8.32. The summed E-state index contributed by atoms with van der Waals surface area (Å²) in [6, 6.07) is 1.46. The highest BCUT2D eigenvalue weighted by molar-refractivity contribution is 9.10. The average molecular weight is 259 g/mol. The van der Waals surface area contributed by atoms with Crippen molar-refractivity contribution in [1.82, 2.24) is 9.61 Å². The van der Waals surface area contributed by atoms with Crippen LogP contribution in [0.15, 0.2) is 22.9 Å². The van der Waals surface area contributed by atoms with Crippen LogP contribution in [0.2, 0.25) is 0 Å². The van der Waals surface area contributed by atoms with Crippen LogP contribution in [-0.4, -0.2) is 20.7 Å². The normalized spacial score (nSPS) is 10.7. The predicted molar refractivity (Wildman–Crippen MR) is 49.8 cm³/mol. The number of halogens is 2. The van der Waals surface area contributed by atoms with E-state index < -0.39 is 11.8 Å². The van der Waals surface area contributed by atoms with Gasteiger partial charge in [-0.25, -0.2) is 13.7 Å². The number of rotatable bonds is 1. The first kappa shape index (κ1) is 9.14. The number of hydrogen-bond acceptors (Lipinski definition) is 2. The third-order valence-corrected chi connectivity index (χ3v) is 2.42. The van der Waals surface area contributed by atoms with E-state index in [0.717, 1.165) is 6.20 Å². The minimum atomic E-state index is -1.20. The van der Waals surface area contributed by atoms with Gasteiger partial charge in [0.05, 0.1) is 10.7 Å². The van der Waals surface area contributed by atoms with Crippen LogP contribution in [0.1, 0.15) is 10.4 Å². The average Bonchev–Trinajstić information content (AvgIpc) is 2.55. The second-order valence-corrected chi connectivity index (χ2v) is 3.49. The molecule has 1 N–H and O–H groups in total. The summed E-state index contributed by atoms with van der Waals surface area (Å²) >= 11 is 2.98. The number of carbonyl (C=O) groups is 1. The van der Waals surface area contributed by atoms with Gasteiger partial charge in [0.25, 0.3) is 0 Å². The van der Waals surface area contributed by atoms with E-state index in [1.54, 1.807) is 0 Å². The Balaban J connectivity index is 2.89. The molecular weight excluding hydrogens is 255 g/mol. The van der Waals surface area contributed by atoms with Crippen LogP contribution in [0, 0.1) is 5.82 Å². The fourth-order valence-corrected chi connectivity index (χ4v) is 1.48. The zero-order chi connectivity index (χ0) is 10.3. The number of fused-ring (bicyclic) bond motifs is 1. The first-order valence-corrected chi connectivity index (χ1v) is 4.45. The van der Waals surface area contributed by atoms with Gasteiger partial charge in [-0.3, -0.25) is 0 Å². The van der Waals surface area contributed by atoms with Gasteiger partial charge in [0.15, 0.2) is 5.82 Å². The van der Waals surface area contributed by atoms with Crippen molar-refractivity contribution < 1.29 is 14.3 Å². The van der Waals surface area contributed by atoms with E-state index in [2.05, 4.69) is 21.0 Å². The lowest BCUT2D eigenvalue weighted by Gasteiger charge is -1.98. The summed E-state index contributed by atoms with van der Waals surface area (Å²) in [7, 11) is 0. The molecule has 2 heterocycles. The SMILES string of the molecule is O=C(O)c1cnn2ccc(Br)c(F)c12. The van der Waals surface area contributed by atoms with Crippen LogP contribution < -0.4 is 0 Å². The quantitative estimate of drug-likeness (QED) is 0.851. The van der Waals surface area contributed by atoms with Gasteiger partial charge in [0, 0.05) is 6.20 Å². The molecule has 6 heteroatoms. The molecular formula is C8H4BrFN2O2. The summed E-state index contributed by atoms with van der Waals surface area (Å²) in [6.07, 6.45) is 2.60. The summed E-state index contributed by atoms with van der Waals surface area (Å²) < 4.78 is 14.9. The largest absolute Gasteiger partial charge is 0.478 e. The zero-order valence-electron chi connectivity index (χ0n) is 6.74. The lowest BCUT2D eigenvalue weighted by Crippen LogP contribution is -1.98. The molecule has 14 heavy (non-hydrogen) atoms. The lowest BCUT2D eigenvalue weighted by molar-refractivity contribution is 0.0698. The Morgan fingerprint density at radius 3 is 3.00 bits per heavy atom. The van der Waals surface area contributed by atoms with E-state index >= 15 is 0 Å². The predicted octanol–water partition coefficient (Wildman–Crippen LogP) is 1.93. The van der Waals surface area contributed by atoms with E-state index in [4.69, 9.17) is 5.11 Å². The Labute approximate surface area is 86.1 Å². The number of nitrogens with zero attached hydrogens (tertiary/aromatic N) is 2. The molecule has 0 aliphatic carbocycles. The van der Waals surface area contributed by atoms with Gasteiger partial charge in [0.1, 0.15) is 11.1 Å². The molecule has 2 aromatic rings. The maximum absolute atomic E-state index is 13.5. The van der Waals surface area contributed by atoms with Crippen molar-refractivity contribution in [2.24, 2.45) is 0 Å². The van der Waals surface area contributed by atoms with Gasteiger partial charge in [-0.15, -0.1) is 0 Å². The maximum atomic E-state index is 13.5. The van der Waals surface area contributed by atoms with Crippen molar-refractivity contribution in [3.8, 4) is 0 Å². The molecule has 0 unspecified atom stereocenters. The van der Waals surface area contributed by atoms with Gasteiger partial charge < -0.3 is 5.11 Å². The Morgan fingerprint density at radius 2 is 2.36 bits per heavy atom. The van der Waals surface area contributed by atoms with Crippen LogP contribution in [-0.2, 0) is 0 Å². The monoisotopic (exact) mass is 258 g/mol. The second-order valence-electron chi connectivity index (χ2n) is 2.63. The molecule has 2 rings (SSSR count). The highest BCUT2D eigenvalue weighted by Crippen LogP contribution is 2.22. The van der Waals surface area contributed by atoms with Crippen molar-refractivity contribution in [1.29, 1.82) is 0 Å². The molecule has 0 amide bonds. The molecule has 2 aromatic heterocycles. The minimum absolute atomic E-state index is 0.0353. The van der Waals surface area contributed by atoms with E-state index in [1.165, 1.54) is 16.8 Å². The van der Waals surface area contributed by atoms with Crippen LogP contribution >= 0.6 is 15.9 Å². The van der Waals surface area contributed by atoms with E-state index in [-0.39, 0.29) is 15.6 Å². The smallest absolute Gasteiger partial charge is 0.339 e. The molecule has 4 nitrogen and oxygen atoms in total. The molecule has 0 atom stereocenters. The van der Waals surface area contributed by atoms with Gasteiger partial charge in [0.2, 0.25) is 0 Å². The van der Waals surface area contributed by atoms with Crippen molar-refractivity contribution in [3.63, 3.8) is 0 Å². The fraction of sp³-hybridized carbons (Fsp3) is 0. The second kappa shape index (κ2) is 3.06. The summed E-state index contributed by atoms with van der Waals surface area (Å²) in [6.45, 7) is 0. The van der Waals surface area contributed by atoms with Crippen molar-refractivity contribution in [2.75, 3.05) is 0 Å². The van der Waals surface area contributed by atoms with E-state index in [1.807, 2.05) is 0 Å². The molecule has 0 aliphatic heterocycles. The number of carboxylic acid groups (broad SMARTS) is 1. The topological polar surface area (TPSA) is 54.6 Å². The molecule has 0 saturated carbocycles. The minimum Gasteiger partial charge on any atom is -0.478 e. The van der Waals surface area contributed by atoms with E-state index in [9.17, 15) is 9.18 Å². The highest BCUT2D eigenvalue weighted by atomic mass is 79.9. The molecule has 0 bridgehead atoms. The number of carboxylic acids is 1. The molecule has 0 fully saturated rings. The molecule has 72 valence electrons. The first-order chi connectivity index (χ1) is 6.61. The summed E-state index contributed by atoms with van der Waals surface area (Å²) in [5.41, 5.74) is -0.185. The molecule has 0 saturated heterocycles. The van der Waals surface area contributed by atoms with Crippen LogP contribution in [0.25, 0.3) is 5.52 Å². The lowest BCUT2D eigenvalue weighted by atomic mass is 10.2. The summed E-state index contributed by atoms with van der Waals surface area (Å²) in [5, 5.41) is 12.5. The Hall–Kier alpha value is -1.43. The molecule has 0 aliphatic rings. The highest BCUT2D eigenvalue weighted by Gasteiger charge is 2.16. The number of pyridine rings is 1. The van der Waals surface area contributed by atoms with E-state index in [0.29, 0.717) is 0 Å². The van der Waals surface area contributed by atoms with Gasteiger partial charge in [-0.2, -0.15) is 5.10 Å². The van der Waals surface area contributed by atoms with Crippen molar-refractivity contribution in [3.05, 3.63) is 34.3 Å².